The predicted octanol–water partition coefficient (Wildman–Crippen LogP) is 2.54. The van der Waals surface area contributed by atoms with E-state index in [1.807, 2.05) is 42.5 Å². The number of nitrogens with one attached hydrogen (secondary N) is 2. The third kappa shape index (κ3) is 8.08. The third-order valence-electron chi connectivity index (χ3n) is 4.56. The first kappa shape index (κ1) is 22.3. The molecule has 0 aliphatic carbocycles. The topological polar surface area (TPSA) is 104 Å². The van der Waals surface area contributed by atoms with Crippen molar-refractivity contribution in [1.82, 2.24) is 10.3 Å². The molecule has 0 radical (unpaired) electrons. The van der Waals surface area contributed by atoms with Gasteiger partial charge in [-0.2, -0.15) is 0 Å². The van der Waals surface area contributed by atoms with E-state index in [0.717, 1.165) is 23.4 Å². The largest absolute Gasteiger partial charge is 0.508 e. The first-order valence-electron chi connectivity index (χ1n) is 10.2. The van der Waals surface area contributed by atoms with E-state index in [0.29, 0.717) is 18.8 Å². The Morgan fingerprint density at radius 1 is 1.03 bits per heavy atom. The smallest absolute Gasteiger partial charge is 0.230 e. The van der Waals surface area contributed by atoms with Crippen LogP contribution in [0, 0.1) is 0 Å². The van der Waals surface area contributed by atoms with Crippen LogP contribution < -0.4 is 15.4 Å². The molecular formula is C24H27N3O4. The van der Waals surface area contributed by atoms with E-state index < -0.39 is 6.10 Å². The van der Waals surface area contributed by atoms with Gasteiger partial charge in [0, 0.05) is 24.1 Å². The monoisotopic (exact) mass is 421 g/mol. The third-order valence-corrected chi connectivity index (χ3v) is 4.56. The Balaban J connectivity index is 1.31. The molecule has 4 N–H and O–H groups in total. The number of pyridine rings is 1. The first-order valence-corrected chi connectivity index (χ1v) is 10.2. The molecule has 7 heteroatoms. The average molecular weight is 421 g/mol. The van der Waals surface area contributed by atoms with E-state index in [1.54, 1.807) is 18.3 Å². The minimum absolute atomic E-state index is 0.100. The minimum atomic E-state index is -0.634. The van der Waals surface area contributed by atoms with Gasteiger partial charge in [-0.15, -0.1) is 0 Å². The zero-order chi connectivity index (χ0) is 21.9. The summed E-state index contributed by atoms with van der Waals surface area (Å²) < 4.78 is 5.48. The fraction of sp³-hybridized carbons (Fsp3) is 0.250. The van der Waals surface area contributed by atoms with Gasteiger partial charge in [-0.05, 0) is 67.1 Å². The number of rotatable bonds is 11. The van der Waals surface area contributed by atoms with Crippen LogP contribution in [0.5, 0.6) is 11.5 Å². The van der Waals surface area contributed by atoms with Gasteiger partial charge in [-0.25, -0.2) is 0 Å². The number of aliphatic hydroxyl groups excluding tert-OH is 1. The standard InChI is InChI=1S/C24H27N3O4/c28-21-8-10-23(11-9-21)31-17-22(29)16-25-14-12-18-4-6-19(7-5-18)27-24(30)15-20-3-1-2-13-26-20/h1-11,13,22,25,28-29H,12,14-17H2,(H,27,30)/t22-/m0/s1. The Hall–Kier alpha value is -3.42. The Kier molecular flexibility index (Phi) is 8.39. The molecule has 1 amide bonds. The summed E-state index contributed by atoms with van der Waals surface area (Å²) in [7, 11) is 0. The van der Waals surface area contributed by atoms with Gasteiger partial charge in [0.1, 0.15) is 24.2 Å². The van der Waals surface area contributed by atoms with Gasteiger partial charge in [-0.3, -0.25) is 9.78 Å². The molecule has 0 spiro atoms. The Bertz CT molecular complexity index is 931. The van der Waals surface area contributed by atoms with Crippen molar-refractivity contribution in [1.29, 1.82) is 0 Å². The molecule has 0 saturated carbocycles. The highest BCUT2D eigenvalue weighted by molar-refractivity contribution is 5.91. The van der Waals surface area contributed by atoms with E-state index in [-0.39, 0.29) is 24.7 Å². The molecule has 1 heterocycles. The number of aromatic nitrogens is 1. The number of hydrogen-bond acceptors (Lipinski definition) is 6. The second kappa shape index (κ2) is 11.7. The average Bonchev–Trinajstić information content (AvgIpc) is 2.78. The summed E-state index contributed by atoms with van der Waals surface area (Å²) in [4.78, 5) is 16.3. The molecule has 0 aliphatic heterocycles. The number of benzene rings is 2. The van der Waals surface area contributed by atoms with Crippen molar-refractivity contribution in [2.24, 2.45) is 0 Å². The maximum absolute atomic E-state index is 12.1. The van der Waals surface area contributed by atoms with Crippen LogP contribution in [0.4, 0.5) is 5.69 Å². The SMILES string of the molecule is O=C(Cc1ccccn1)Nc1ccc(CCNC[C@H](O)COc2ccc(O)cc2)cc1. The summed E-state index contributed by atoms with van der Waals surface area (Å²) in [5.74, 6) is 0.676. The highest BCUT2D eigenvalue weighted by atomic mass is 16.5. The van der Waals surface area contributed by atoms with Gasteiger partial charge in [0.2, 0.25) is 5.91 Å². The molecule has 0 bridgehead atoms. The molecule has 0 saturated heterocycles. The van der Waals surface area contributed by atoms with E-state index in [1.165, 1.54) is 12.1 Å². The lowest BCUT2D eigenvalue weighted by molar-refractivity contribution is -0.115. The number of ether oxygens (including phenoxy) is 1. The number of amides is 1. The summed E-state index contributed by atoms with van der Waals surface area (Å²) in [6.45, 7) is 1.30. The van der Waals surface area contributed by atoms with Gasteiger partial charge < -0.3 is 25.6 Å². The van der Waals surface area contributed by atoms with Crippen molar-refractivity contribution >= 4 is 11.6 Å². The number of phenols is 1. The summed E-state index contributed by atoms with van der Waals surface area (Å²) in [5.41, 5.74) is 2.61. The molecular weight excluding hydrogens is 394 g/mol. The molecule has 31 heavy (non-hydrogen) atoms. The molecule has 0 unspecified atom stereocenters. The van der Waals surface area contributed by atoms with Crippen molar-refractivity contribution in [3.05, 3.63) is 84.2 Å². The quantitative estimate of drug-likeness (QED) is 0.355. The zero-order valence-corrected chi connectivity index (χ0v) is 17.2. The van der Waals surface area contributed by atoms with E-state index in [4.69, 9.17) is 4.74 Å². The summed E-state index contributed by atoms with van der Waals surface area (Å²) in [6, 6.07) is 19.6. The zero-order valence-electron chi connectivity index (χ0n) is 17.2. The normalized spacial score (nSPS) is 11.6. The van der Waals surface area contributed by atoms with Crippen molar-refractivity contribution in [2.75, 3.05) is 25.0 Å². The lowest BCUT2D eigenvalue weighted by Crippen LogP contribution is -2.32. The van der Waals surface area contributed by atoms with Crippen LogP contribution >= 0.6 is 0 Å². The Labute approximate surface area is 181 Å². The number of nitrogens with zero attached hydrogens (tertiary/aromatic N) is 1. The minimum Gasteiger partial charge on any atom is -0.508 e. The molecule has 162 valence electrons. The molecule has 1 aromatic heterocycles. The Morgan fingerprint density at radius 2 is 1.81 bits per heavy atom. The number of phenolic OH excluding ortho intramolecular Hbond substituents is 1. The number of carbonyl (C=O) groups is 1. The maximum atomic E-state index is 12.1. The Morgan fingerprint density at radius 3 is 2.52 bits per heavy atom. The van der Waals surface area contributed by atoms with Gasteiger partial charge in [0.05, 0.1) is 6.42 Å². The fourth-order valence-corrected chi connectivity index (χ4v) is 2.92. The second-order valence-corrected chi connectivity index (χ2v) is 7.16. The lowest BCUT2D eigenvalue weighted by Gasteiger charge is -2.13. The lowest BCUT2D eigenvalue weighted by atomic mass is 10.1. The van der Waals surface area contributed by atoms with Crippen molar-refractivity contribution in [3.63, 3.8) is 0 Å². The van der Waals surface area contributed by atoms with Crippen molar-refractivity contribution in [2.45, 2.75) is 18.9 Å². The molecule has 1 atom stereocenters. The van der Waals surface area contributed by atoms with E-state index in [2.05, 4.69) is 15.6 Å². The highest BCUT2D eigenvalue weighted by Crippen LogP contribution is 2.16. The molecule has 2 aromatic carbocycles. The van der Waals surface area contributed by atoms with Crippen LogP contribution in [-0.2, 0) is 17.6 Å². The van der Waals surface area contributed by atoms with Crippen LogP contribution in [0.2, 0.25) is 0 Å². The molecule has 3 aromatic rings. The summed E-state index contributed by atoms with van der Waals surface area (Å²) in [5, 5.41) is 25.3. The van der Waals surface area contributed by atoms with Crippen molar-refractivity contribution < 1.29 is 19.7 Å². The van der Waals surface area contributed by atoms with Gasteiger partial charge in [-0.1, -0.05) is 18.2 Å². The van der Waals surface area contributed by atoms with Crippen molar-refractivity contribution in [3.8, 4) is 11.5 Å². The van der Waals surface area contributed by atoms with Crippen LogP contribution in [0.25, 0.3) is 0 Å². The number of aliphatic hydroxyl groups is 1. The number of anilines is 1. The predicted molar refractivity (Wildman–Crippen MR) is 119 cm³/mol. The van der Waals surface area contributed by atoms with Crippen LogP contribution in [-0.4, -0.2) is 46.9 Å². The first-order chi connectivity index (χ1) is 15.1. The molecule has 7 nitrogen and oxygen atoms in total. The highest BCUT2D eigenvalue weighted by Gasteiger charge is 2.06. The summed E-state index contributed by atoms with van der Waals surface area (Å²) in [6.07, 6.45) is 2.08. The van der Waals surface area contributed by atoms with Gasteiger partial charge in [0.25, 0.3) is 0 Å². The summed E-state index contributed by atoms with van der Waals surface area (Å²) >= 11 is 0. The molecule has 3 rings (SSSR count). The van der Waals surface area contributed by atoms with Crippen LogP contribution in [0.3, 0.4) is 0 Å². The molecule has 0 fully saturated rings. The maximum Gasteiger partial charge on any atom is 0.230 e. The number of hydrogen-bond donors (Lipinski definition) is 4. The molecule has 0 aliphatic rings. The van der Waals surface area contributed by atoms with Gasteiger partial charge >= 0.3 is 0 Å². The fourth-order valence-electron chi connectivity index (χ4n) is 2.92. The van der Waals surface area contributed by atoms with Crippen LogP contribution in [0.1, 0.15) is 11.3 Å². The van der Waals surface area contributed by atoms with Crippen LogP contribution in [0.15, 0.2) is 72.9 Å². The number of aromatic hydroxyl groups is 1. The second-order valence-electron chi connectivity index (χ2n) is 7.16. The number of carbonyl (C=O) groups excluding carboxylic acids is 1. The van der Waals surface area contributed by atoms with E-state index in [9.17, 15) is 15.0 Å². The van der Waals surface area contributed by atoms with Gasteiger partial charge in [0.15, 0.2) is 0 Å². The van der Waals surface area contributed by atoms with E-state index >= 15 is 0 Å².